The highest BCUT2D eigenvalue weighted by atomic mass is 32.2. The Labute approximate surface area is 192 Å². The number of hydrogen-bond donors (Lipinski definition) is 0. The van der Waals surface area contributed by atoms with Gasteiger partial charge in [-0.1, -0.05) is 5.16 Å². The third-order valence-electron chi connectivity index (χ3n) is 6.18. The molecule has 5 rings (SSSR count). The number of pyridine rings is 1. The number of carbonyl (C=O) groups is 1. The van der Waals surface area contributed by atoms with Gasteiger partial charge >= 0.3 is 6.09 Å². The highest BCUT2D eigenvalue weighted by molar-refractivity contribution is 7.85. The molecule has 1 amide bonds. The number of rotatable bonds is 4. The fourth-order valence-corrected chi connectivity index (χ4v) is 5.54. The Bertz CT molecular complexity index is 1210. The number of piperidine rings is 1. The Morgan fingerprint density at radius 1 is 1.27 bits per heavy atom. The molecule has 0 radical (unpaired) electrons. The molecule has 11 heteroatoms. The summed E-state index contributed by atoms with van der Waals surface area (Å²) in [6.07, 6.45) is 4.78. The molecule has 0 unspecified atom stereocenters. The van der Waals surface area contributed by atoms with Crippen molar-refractivity contribution in [1.29, 1.82) is 5.26 Å². The summed E-state index contributed by atoms with van der Waals surface area (Å²) < 4.78 is 28.2. The number of nitriles is 1. The monoisotopic (exact) mass is 469 g/mol. The zero-order valence-electron chi connectivity index (χ0n) is 17.9. The van der Waals surface area contributed by atoms with Crippen molar-refractivity contribution < 1.29 is 22.7 Å². The first-order valence-electron chi connectivity index (χ1n) is 11.0. The summed E-state index contributed by atoms with van der Waals surface area (Å²) in [4.78, 5) is 22.7. The molecule has 2 saturated heterocycles. The molecule has 0 bridgehead atoms. The fourth-order valence-electron chi connectivity index (χ4n) is 4.28. The predicted octanol–water partition coefficient (Wildman–Crippen LogP) is 3.05. The lowest BCUT2D eigenvalue weighted by atomic mass is 9.93. The Balaban J connectivity index is 1.15. The second-order valence-electron chi connectivity index (χ2n) is 8.38. The summed E-state index contributed by atoms with van der Waals surface area (Å²) >= 11 is 0. The summed E-state index contributed by atoms with van der Waals surface area (Å²) in [6.45, 7) is 1.25. The van der Waals surface area contributed by atoms with Crippen molar-refractivity contribution in [2.24, 2.45) is 5.92 Å². The van der Waals surface area contributed by atoms with Crippen molar-refractivity contribution in [1.82, 2.24) is 20.0 Å². The van der Waals surface area contributed by atoms with Gasteiger partial charge < -0.3 is 18.6 Å². The first kappa shape index (κ1) is 21.6. The van der Waals surface area contributed by atoms with Gasteiger partial charge in [0.05, 0.1) is 5.39 Å². The number of carbonyl (C=O) groups excluding carboxylic acids is 1. The number of fused-ring (bicyclic) bond motifs is 1. The maximum atomic E-state index is 12.4. The van der Waals surface area contributed by atoms with Gasteiger partial charge in [-0.25, -0.2) is 9.78 Å². The largest absolute Gasteiger partial charge is 0.451 e. The molecule has 0 spiro atoms. The van der Waals surface area contributed by atoms with E-state index in [2.05, 4.69) is 15.1 Å². The molecule has 0 saturated carbocycles. The first-order chi connectivity index (χ1) is 16.1. The third kappa shape index (κ3) is 4.75. The number of likely N-dealkylation sites (tertiary alicyclic amines) is 1. The van der Waals surface area contributed by atoms with Gasteiger partial charge in [-0.05, 0) is 37.7 Å². The van der Waals surface area contributed by atoms with Gasteiger partial charge in [0.1, 0.15) is 17.8 Å². The standard InChI is InChI=1S/C22H23N5O5S/c23-13-17-16-12-19(31-18(16)1-6-24-17)21-25-20(26-32-21)11-14-2-7-27(8-3-14)22(28)30-15-4-9-33(29)10-5-15/h1,6,12,14-15H,2-5,7-11H2. The predicted molar refractivity (Wildman–Crippen MR) is 117 cm³/mol. The number of aromatic nitrogens is 3. The van der Waals surface area contributed by atoms with E-state index in [4.69, 9.17) is 13.7 Å². The molecular weight excluding hydrogens is 446 g/mol. The smallest absolute Gasteiger partial charge is 0.410 e. The molecule has 0 aliphatic carbocycles. The number of ether oxygens (including phenoxy) is 1. The van der Waals surface area contributed by atoms with Gasteiger partial charge in [0.15, 0.2) is 17.3 Å². The number of hydrogen-bond acceptors (Lipinski definition) is 9. The topological polar surface area (TPSA) is 135 Å². The zero-order valence-corrected chi connectivity index (χ0v) is 18.8. The molecule has 33 heavy (non-hydrogen) atoms. The summed E-state index contributed by atoms with van der Waals surface area (Å²) in [5.74, 6) is 2.80. The molecule has 2 aliphatic heterocycles. The number of nitrogens with zero attached hydrogens (tertiary/aromatic N) is 5. The van der Waals surface area contributed by atoms with Crippen LogP contribution >= 0.6 is 0 Å². The Morgan fingerprint density at radius 2 is 2.06 bits per heavy atom. The van der Waals surface area contributed by atoms with E-state index in [1.54, 1.807) is 17.0 Å². The van der Waals surface area contributed by atoms with Crippen LogP contribution in [0.2, 0.25) is 0 Å². The van der Waals surface area contributed by atoms with E-state index >= 15 is 0 Å². The fraction of sp³-hybridized carbons (Fsp3) is 0.500. The van der Waals surface area contributed by atoms with E-state index in [1.807, 2.05) is 6.07 Å². The van der Waals surface area contributed by atoms with E-state index in [0.717, 1.165) is 12.8 Å². The Hall–Kier alpha value is -3.26. The van der Waals surface area contributed by atoms with E-state index < -0.39 is 10.8 Å². The summed E-state index contributed by atoms with van der Waals surface area (Å²) in [5, 5.41) is 13.9. The van der Waals surface area contributed by atoms with Crippen LogP contribution in [0, 0.1) is 17.2 Å². The van der Waals surface area contributed by atoms with Crippen LogP contribution in [0.15, 0.2) is 27.3 Å². The molecule has 0 N–H and O–H groups in total. The molecule has 0 aromatic carbocycles. The average molecular weight is 470 g/mol. The number of furan rings is 1. The van der Waals surface area contributed by atoms with Gasteiger partial charge in [0, 0.05) is 54.1 Å². The van der Waals surface area contributed by atoms with Crippen LogP contribution in [-0.4, -0.2) is 61.0 Å². The highest BCUT2D eigenvalue weighted by Crippen LogP contribution is 2.29. The van der Waals surface area contributed by atoms with E-state index in [0.29, 0.717) is 72.3 Å². The van der Waals surface area contributed by atoms with Gasteiger partial charge in [0.25, 0.3) is 5.89 Å². The van der Waals surface area contributed by atoms with E-state index in [1.165, 1.54) is 6.20 Å². The van der Waals surface area contributed by atoms with Crippen molar-refractivity contribution >= 4 is 27.9 Å². The second-order valence-corrected chi connectivity index (χ2v) is 10.1. The maximum Gasteiger partial charge on any atom is 0.410 e. The third-order valence-corrected chi connectivity index (χ3v) is 7.56. The molecular formula is C22H23N5O5S. The summed E-state index contributed by atoms with van der Waals surface area (Å²) in [5.41, 5.74) is 0.822. The minimum atomic E-state index is -0.767. The van der Waals surface area contributed by atoms with Gasteiger partial charge in [0.2, 0.25) is 0 Å². The van der Waals surface area contributed by atoms with Crippen molar-refractivity contribution in [2.75, 3.05) is 24.6 Å². The molecule has 0 atom stereocenters. The molecule has 10 nitrogen and oxygen atoms in total. The summed E-state index contributed by atoms with van der Waals surface area (Å²) in [7, 11) is -0.767. The highest BCUT2D eigenvalue weighted by Gasteiger charge is 2.28. The molecule has 3 aromatic heterocycles. The van der Waals surface area contributed by atoms with Gasteiger partial charge in [-0.2, -0.15) is 10.2 Å². The Kier molecular flexibility index (Phi) is 6.09. The van der Waals surface area contributed by atoms with E-state index in [-0.39, 0.29) is 23.8 Å². The van der Waals surface area contributed by atoms with Crippen LogP contribution in [0.3, 0.4) is 0 Å². The van der Waals surface area contributed by atoms with Crippen LogP contribution in [0.25, 0.3) is 22.6 Å². The second kappa shape index (κ2) is 9.31. The first-order valence-corrected chi connectivity index (χ1v) is 12.5. The molecule has 5 heterocycles. The van der Waals surface area contributed by atoms with Crippen LogP contribution < -0.4 is 0 Å². The molecule has 172 valence electrons. The van der Waals surface area contributed by atoms with Crippen LogP contribution in [0.4, 0.5) is 4.79 Å². The van der Waals surface area contributed by atoms with Crippen molar-refractivity contribution in [3.63, 3.8) is 0 Å². The molecule has 2 fully saturated rings. The van der Waals surface area contributed by atoms with Crippen molar-refractivity contribution in [3.05, 3.63) is 29.8 Å². The lowest BCUT2D eigenvalue weighted by Gasteiger charge is -2.32. The Morgan fingerprint density at radius 3 is 2.82 bits per heavy atom. The van der Waals surface area contributed by atoms with Gasteiger partial charge in [-0.3, -0.25) is 4.21 Å². The number of amides is 1. The lowest BCUT2D eigenvalue weighted by molar-refractivity contribution is 0.0492. The van der Waals surface area contributed by atoms with Crippen LogP contribution in [0.1, 0.15) is 37.2 Å². The quantitative estimate of drug-likeness (QED) is 0.565. The minimum Gasteiger partial charge on any atom is -0.451 e. The normalized spacial score (nSPS) is 21.7. The SMILES string of the molecule is N#Cc1nccc2oc(-c3nc(CC4CCN(C(=O)OC5CCS(=O)CC5)CC4)no3)cc12. The van der Waals surface area contributed by atoms with Crippen molar-refractivity contribution in [2.45, 2.75) is 38.2 Å². The maximum absolute atomic E-state index is 12.4. The molecule has 2 aliphatic rings. The van der Waals surface area contributed by atoms with Crippen molar-refractivity contribution in [3.8, 4) is 17.7 Å². The lowest BCUT2D eigenvalue weighted by Crippen LogP contribution is -2.41. The van der Waals surface area contributed by atoms with E-state index in [9.17, 15) is 14.3 Å². The van der Waals surface area contributed by atoms with Crippen LogP contribution in [-0.2, 0) is 22.0 Å². The summed E-state index contributed by atoms with van der Waals surface area (Å²) in [6, 6.07) is 5.42. The molecule has 3 aromatic rings. The zero-order chi connectivity index (χ0) is 22.8. The minimum absolute atomic E-state index is 0.121. The van der Waals surface area contributed by atoms with Gasteiger partial charge in [-0.15, -0.1) is 0 Å². The van der Waals surface area contributed by atoms with Crippen LogP contribution in [0.5, 0.6) is 0 Å². The average Bonchev–Trinajstić information content (AvgIpc) is 3.48.